The number of aliphatic hydroxyl groups excluding tert-OH is 1. The molecule has 0 atom stereocenters. The van der Waals surface area contributed by atoms with Crippen molar-refractivity contribution in [1.29, 1.82) is 0 Å². The summed E-state index contributed by atoms with van der Waals surface area (Å²) in [5.41, 5.74) is 0. The number of carbonyl (C=O) groups is 2. The summed E-state index contributed by atoms with van der Waals surface area (Å²) in [4.78, 5) is 27.1. The number of hydrogen-bond donors (Lipinski definition) is 1. The average Bonchev–Trinajstić information content (AvgIpc) is 2.76. The monoisotopic (exact) mass is 442 g/mol. The van der Waals surface area contributed by atoms with Crippen molar-refractivity contribution in [2.24, 2.45) is 9.98 Å². The number of carbonyl (C=O) groups excluding carboxylic acids is 2. The third kappa shape index (κ3) is 10.0. The normalized spacial score (nSPS) is 16.1. The Morgan fingerprint density at radius 3 is 1.94 bits per heavy atom. The molecule has 6 nitrogen and oxygen atoms in total. The Labute approximate surface area is 164 Å². The summed E-state index contributed by atoms with van der Waals surface area (Å²) in [5.74, 6) is 0.615. The molecule has 0 bridgehead atoms. The minimum atomic E-state index is -0.294. The number of nitrogens with zero attached hydrogens (tertiary/aromatic N) is 2. The molecule has 2 aliphatic heterocycles. The van der Waals surface area contributed by atoms with Gasteiger partial charge in [-0.3, -0.25) is 9.59 Å². The van der Waals surface area contributed by atoms with Gasteiger partial charge in [-0.1, -0.05) is 31.0 Å². The standard InChI is InChI=1S/C4H5NO2S.C3H3NO2S.CH4.2Y/c1-7-4-5-3(6)2-8-4;5-2-1-7-3(6)4-2;;;/h2H2,1H3;1H2,(H,4,5,6);1H4;;. The van der Waals surface area contributed by atoms with Gasteiger partial charge in [-0.15, -0.1) is 0 Å². The second-order valence-corrected chi connectivity index (χ2v) is 4.20. The number of aliphatic imine (C=N–C) groups is 2. The summed E-state index contributed by atoms with van der Waals surface area (Å²) in [6, 6.07) is 0. The van der Waals surface area contributed by atoms with Crippen molar-refractivity contribution in [2.75, 3.05) is 18.6 Å². The van der Waals surface area contributed by atoms with Crippen molar-refractivity contribution in [3.63, 3.8) is 0 Å². The molecule has 0 saturated carbocycles. The number of ether oxygens (including phenoxy) is 1. The summed E-state index contributed by atoms with van der Waals surface area (Å²) in [5, 5.41) is 8.60. The van der Waals surface area contributed by atoms with E-state index in [2.05, 4.69) is 14.7 Å². The van der Waals surface area contributed by atoms with Gasteiger partial charge in [0.2, 0.25) is 0 Å². The Hall–Kier alpha value is 1.19. The molecule has 0 aromatic carbocycles. The van der Waals surface area contributed by atoms with Gasteiger partial charge in [-0.2, -0.15) is 9.98 Å². The Balaban J connectivity index is -0.000000215. The molecule has 0 aromatic rings. The minimum absolute atomic E-state index is 0. The molecule has 2 radical (unpaired) electrons. The molecule has 0 fully saturated rings. The fraction of sp³-hybridized carbons (Fsp3) is 0.500. The zero-order chi connectivity index (χ0) is 11.3. The Kier molecular flexibility index (Phi) is 17.7. The number of aliphatic hydroxyl groups is 1. The van der Waals surface area contributed by atoms with Crippen molar-refractivity contribution < 1.29 is 84.9 Å². The van der Waals surface area contributed by atoms with Crippen molar-refractivity contribution in [3.05, 3.63) is 0 Å². The molecule has 0 aromatic heterocycles. The maximum absolute atomic E-state index is 10.3. The van der Waals surface area contributed by atoms with E-state index in [1.807, 2.05) is 0 Å². The van der Waals surface area contributed by atoms with Gasteiger partial charge in [0.25, 0.3) is 11.1 Å². The minimum Gasteiger partial charge on any atom is -0.496 e. The molecule has 0 unspecified atom stereocenters. The van der Waals surface area contributed by atoms with Gasteiger partial charge < -0.3 is 9.84 Å². The quantitative estimate of drug-likeness (QED) is 0.615. The summed E-state index contributed by atoms with van der Waals surface area (Å²) in [7, 11) is 1.50. The maximum Gasteiger partial charge on any atom is 0.308 e. The molecular formula is C8H12N2O4S2Y2. The second-order valence-electron chi connectivity index (χ2n) is 2.35. The van der Waals surface area contributed by atoms with E-state index in [0.29, 0.717) is 16.7 Å². The maximum atomic E-state index is 10.3. The molecule has 0 aliphatic carbocycles. The number of hydrogen-bond acceptors (Lipinski definition) is 5. The largest absolute Gasteiger partial charge is 0.496 e. The Morgan fingerprint density at radius 2 is 1.78 bits per heavy atom. The molecule has 10 heteroatoms. The molecule has 1 N–H and O–H groups in total. The van der Waals surface area contributed by atoms with Gasteiger partial charge in [0.15, 0.2) is 5.90 Å². The molecule has 2 amide bonds. The first-order chi connectivity index (χ1) is 7.11. The van der Waals surface area contributed by atoms with E-state index in [1.54, 1.807) is 0 Å². The average molecular weight is 442 g/mol. The Bertz CT molecular complexity index is 350. The van der Waals surface area contributed by atoms with E-state index in [1.165, 1.54) is 18.9 Å². The molecule has 2 heterocycles. The van der Waals surface area contributed by atoms with Gasteiger partial charge in [0.1, 0.15) is 0 Å². The summed E-state index contributed by atoms with van der Waals surface area (Å²) >= 11 is 2.34. The molecular weight excluding hydrogens is 430 g/mol. The van der Waals surface area contributed by atoms with Crippen LogP contribution in [0.15, 0.2) is 9.98 Å². The molecule has 0 saturated heterocycles. The van der Waals surface area contributed by atoms with Crippen LogP contribution in [0.5, 0.6) is 0 Å². The molecule has 96 valence electrons. The first-order valence-corrected chi connectivity index (χ1v) is 5.80. The van der Waals surface area contributed by atoms with Crippen LogP contribution in [-0.4, -0.2) is 46.0 Å². The SMILES string of the molecule is C.COC1=NC(=O)CS1.O=C1N=C(O)CS1.[Y].[Y]. The van der Waals surface area contributed by atoms with Crippen LogP contribution in [0.4, 0.5) is 4.79 Å². The van der Waals surface area contributed by atoms with Crippen molar-refractivity contribution in [2.45, 2.75) is 7.43 Å². The van der Waals surface area contributed by atoms with E-state index in [-0.39, 0.29) is 89.9 Å². The first-order valence-electron chi connectivity index (χ1n) is 3.83. The van der Waals surface area contributed by atoms with Gasteiger partial charge in [-0.05, 0) is 0 Å². The topological polar surface area (TPSA) is 88.3 Å². The summed E-state index contributed by atoms with van der Waals surface area (Å²) in [6.45, 7) is 0. The van der Waals surface area contributed by atoms with Crippen LogP contribution in [0.3, 0.4) is 0 Å². The third-order valence-electron chi connectivity index (χ3n) is 1.25. The van der Waals surface area contributed by atoms with Crippen LogP contribution in [0.2, 0.25) is 0 Å². The first kappa shape index (κ1) is 24.2. The van der Waals surface area contributed by atoms with E-state index in [9.17, 15) is 9.59 Å². The van der Waals surface area contributed by atoms with Crippen LogP contribution < -0.4 is 0 Å². The smallest absolute Gasteiger partial charge is 0.308 e. The fourth-order valence-electron chi connectivity index (χ4n) is 0.691. The number of methoxy groups -OCH3 is 1. The van der Waals surface area contributed by atoms with Gasteiger partial charge in [0.05, 0.1) is 18.6 Å². The Morgan fingerprint density at radius 1 is 1.17 bits per heavy atom. The molecule has 2 rings (SSSR count). The van der Waals surface area contributed by atoms with Crippen LogP contribution in [0.1, 0.15) is 7.43 Å². The van der Waals surface area contributed by atoms with E-state index >= 15 is 0 Å². The predicted octanol–water partition coefficient (Wildman–Crippen LogP) is 1.70. The molecule has 18 heavy (non-hydrogen) atoms. The zero-order valence-electron chi connectivity index (χ0n) is 8.95. The third-order valence-corrected chi connectivity index (χ3v) is 2.89. The summed E-state index contributed by atoms with van der Waals surface area (Å²) in [6.07, 6.45) is 0. The van der Waals surface area contributed by atoms with Crippen LogP contribution in [0.25, 0.3) is 0 Å². The fourth-order valence-corrected chi connectivity index (χ4v) is 1.77. The number of amides is 2. The van der Waals surface area contributed by atoms with Crippen molar-refractivity contribution in [3.8, 4) is 0 Å². The second kappa shape index (κ2) is 13.2. The molecule has 0 spiro atoms. The predicted molar refractivity (Wildman–Crippen MR) is 66.6 cm³/mol. The zero-order valence-corrected chi connectivity index (χ0v) is 16.3. The number of rotatable bonds is 0. The van der Waals surface area contributed by atoms with E-state index in [4.69, 9.17) is 5.11 Å². The van der Waals surface area contributed by atoms with Crippen LogP contribution >= 0.6 is 23.5 Å². The van der Waals surface area contributed by atoms with E-state index < -0.39 is 0 Å². The van der Waals surface area contributed by atoms with Gasteiger partial charge in [0, 0.05) is 65.4 Å². The number of thioether (sulfide) groups is 2. The van der Waals surface area contributed by atoms with Gasteiger partial charge >= 0.3 is 5.24 Å². The van der Waals surface area contributed by atoms with Crippen LogP contribution in [0, 0.1) is 0 Å². The van der Waals surface area contributed by atoms with Gasteiger partial charge in [-0.25, -0.2) is 0 Å². The van der Waals surface area contributed by atoms with Crippen LogP contribution in [-0.2, 0) is 74.9 Å². The van der Waals surface area contributed by atoms with Crippen molar-refractivity contribution >= 4 is 45.8 Å². The van der Waals surface area contributed by atoms with E-state index in [0.717, 1.165) is 11.8 Å². The summed E-state index contributed by atoms with van der Waals surface area (Å²) < 4.78 is 4.67. The van der Waals surface area contributed by atoms with Crippen molar-refractivity contribution in [1.82, 2.24) is 0 Å². The molecule has 2 aliphatic rings.